The Balaban J connectivity index is 2.68. The molecule has 15 heavy (non-hydrogen) atoms. The number of carboxylic acids is 1. The minimum absolute atomic E-state index is 0.0130. The molecule has 0 spiro atoms. The largest absolute Gasteiger partial charge is 0.480 e. The molecule has 0 aliphatic rings. The van der Waals surface area contributed by atoms with E-state index in [1.54, 1.807) is 12.1 Å². The average molecular weight is 212 g/mol. The average Bonchev–Trinajstić information content (AvgIpc) is 2.18. The second kappa shape index (κ2) is 4.74. The molecule has 1 aromatic carbocycles. The van der Waals surface area contributed by atoms with Crippen LogP contribution in [0.3, 0.4) is 0 Å². The van der Waals surface area contributed by atoms with Crippen molar-refractivity contribution >= 4 is 11.7 Å². The summed E-state index contributed by atoms with van der Waals surface area (Å²) in [5.41, 5.74) is 6.25. The second-order valence-corrected chi connectivity index (χ2v) is 3.10. The molecule has 0 amide bonds. The molecule has 82 valence electrons. The summed E-state index contributed by atoms with van der Waals surface area (Å²) in [7, 11) is 0. The van der Waals surface area contributed by atoms with Crippen LogP contribution in [0.5, 0.6) is 0 Å². The van der Waals surface area contributed by atoms with Crippen molar-refractivity contribution in [3.8, 4) is 0 Å². The summed E-state index contributed by atoms with van der Waals surface area (Å²) in [4.78, 5) is 10.5. The van der Waals surface area contributed by atoms with Gasteiger partial charge in [0, 0.05) is 0 Å². The van der Waals surface area contributed by atoms with Crippen molar-refractivity contribution < 1.29 is 20.3 Å². The van der Waals surface area contributed by atoms with Crippen LogP contribution in [0, 0.1) is 0 Å². The van der Waals surface area contributed by atoms with Gasteiger partial charge in [0.1, 0.15) is 6.04 Å². The summed E-state index contributed by atoms with van der Waals surface area (Å²) in [6.45, 7) is 0. The normalized spacial score (nSPS) is 12.2. The zero-order chi connectivity index (χ0) is 11.4. The van der Waals surface area contributed by atoms with E-state index >= 15 is 0 Å². The van der Waals surface area contributed by atoms with Crippen molar-refractivity contribution in [3.05, 3.63) is 29.8 Å². The molecule has 6 nitrogen and oxygen atoms in total. The predicted molar refractivity (Wildman–Crippen MR) is 51.8 cm³/mol. The fourth-order valence-electron chi connectivity index (χ4n) is 1.11. The van der Waals surface area contributed by atoms with Gasteiger partial charge in [-0.15, -0.1) is 5.23 Å². The van der Waals surface area contributed by atoms with Crippen molar-refractivity contribution in [2.75, 3.05) is 5.23 Å². The quantitative estimate of drug-likeness (QED) is 0.532. The Morgan fingerprint density at radius 1 is 1.33 bits per heavy atom. The maximum Gasteiger partial charge on any atom is 0.320 e. The van der Waals surface area contributed by atoms with Crippen molar-refractivity contribution in [2.24, 2.45) is 5.73 Å². The van der Waals surface area contributed by atoms with Crippen LogP contribution in [-0.2, 0) is 11.2 Å². The summed E-state index contributed by atoms with van der Waals surface area (Å²) in [5, 5.41) is 25.9. The van der Waals surface area contributed by atoms with Crippen LogP contribution in [0.1, 0.15) is 5.56 Å². The maximum atomic E-state index is 10.5. The van der Waals surface area contributed by atoms with Gasteiger partial charge < -0.3 is 10.8 Å². The van der Waals surface area contributed by atoms with Gasteiger partial charge in [-0.3, -0.25) is 15.2 Å². The number of nitrogens with two attached hydrogens (primary N) is 1. The molecule has 0 saturated carbocycles. The van der Waals surface area contributed by atoms with Gasteiger partial charge in [-0.2, -0.15) is 0 Å². The van der Waals surface area contributed by atoms with Gasteiger partial charge in [0.2, 0.25) is 0 Å². The van der Waals surface area contributed by atoms with E-state index < -0.39 is 12.0 Å². The Bertz CT molecular complexity index is 336. The van der Waals surface area contributed by atoms with E-state index in [2.05, 4.69) is 0 Å². The molecular formula is C9H12N2O4. The number of aliphatic carboxylic acids is 1. The first-order chi connectivity index (χ1) is 7.00. The van der Waals surface area contributed by atoms with Gasteiger partial charge in [-0.05, 0) is 24.1 Å². The molecule has 0 radical (unpaired) electrons. The third kappa shape index (κ3) is 3.21. The minimum atomic E-state index is -1.06. The number of carboxylic acid groups (broad SMARTS) is 1. The molecule has 0 bridgehead atoms. The number of anilines is 1. The molecule has 6 heteroatoms. The Kier molecular flexibility index (Phi) is 3.62. The van der Waals surface area contributed by atoms with Crippen LogP contribution < -0.4 is 11.0 Å². The first kappa shape index (κ1) is 11.4. The lowest BCUT2D eigenvalue weighted by molar-refractivity contribution is -0.138. The number of benzene rings is 1. The topological polar surface area (TPSA) is 107 Å². The Labute approximate surface area is 86.1 Å². The minimum Gasteiger partial charge on any atom is -0.480 e. The highest BCUT2D eigenvalue weighted by molar-refractivity contribution is 5.73. The number of carbonyl (C=O) groups is 1. The lowest BCUT2D eigenvalue weighted by Gasteiger charge is -2.09. The maximum absolute atomic E-state index is 10.5. The summed E-state index contributed by atoms with van der Waals surface area (Å²) in [5.74, 6) is -1.06. The molecule has 1 aromatic rings. The van der Waals surface area contributed by atoms with Gasteiger partial charge in [0.25, 0.3) is 0 Å². The monoisotopic (exact) mass is 212 g/mol. The number of rotatable bonds is 4. The van der Waals surface area contributed by atoms with Gasteiger partial charge in [0.15, 0.2) is 0 Å². The molecule has 5 N–H and O–H groups in total. The Morgan fingerprint density at radius 2 is 1.87 bits per heavy atom. The van der Waals surface area contributed by atoms with Gasteiger partial charge in [-0.1, -0.05) is 12.1 Å². The van der Waals surface area contributed by atoms with Crippen LogP contribution in [0.15, 0.2) is 24.3 Å². The molecule has 0 aliphatic carbocycles. The molecule has 1 atom stereocenters. The van der Waals surface area contributed by atoms with Gasteiger partial charge >= 0.3 is 5.97 Å². The summed E-state index contributed by atoms with van der Waals surface area (Å²) in [6.07, 6.45) is 0.201. The van der Waals surface area contributed by atoms with E-state index in [9.17, 15) is 4.79 Å². The highest BCUT2D eigenvalue weighted by Gasteiger charge is 2.11. The second-order valence-electron chi connectivity index (χ2n) is 3.10. The molecule has 0 aliphatic heterocycles. The molecule has 0 saturated heterocycles. The van der Waals surface area contributed by atoms with E-state index in [0.29, 0.717) is 0 Å². The Morgan fingerprint density at radius 3 is 2.27 bits per heavy atom. The fraction of sp³-hybridized carbons (Fsp3) is 0.222. The first-order valence-electron chi connectivity index (χ1n) is 4.26. The fourth-order valence-corrected chi connectivity index (χ4v) is 1.11. The SMILES string of the molecule is N[C@H](Cc1ccc(N(O)O)cc1)C(=O)O. The van der Waals surface area contributed by atoms with E-state index in [1.165, 1.54) is 12.1 Å². The molecule has 0 fully saturated rings. The molecule has 0 heterocycles. The molecular weight excluding hydrogens is 200 g/mol. The van der Waals surface area contributed by atoms with Crippen molar-refractivity contribution in [3.63, 3.8) is 0 Å². The van der Waals surface area contributed by atoms with E-state index in [1.807, 2.05) is 0 Å². The summed E-state index contributed by atoms with van der Waals surface area (Å²) in [6, 6.07) is 5.11. The van der Waals surface area contributed by atoms with Crippen LogP contribution in [-0.4, -0.2) is 27.5 Å². The Hall–Kier alpha value is -1.63. The number of nitrogens with zero attached hydrogens (tertiary/aromatic N) is 1. The number of hydrogen-bond acceptors (Lipinski definition) is 5. The van der Waals surface area contributed by atoms with Crippen LogP contribution in [0.25, 0.3) is 0 Å². The lowest BCUT2D eigenvalue weighted by Crippen LogP contribution is -2.32. The van der Waals surface area contributed by atoms with Gasteiger partial charge in [0.05, 0.1) is 5.69 Å². The van der Waals surface area contributed by atoms with Crippen molar-refractivity contribution in [2.45, 2.75) is 12.5 Å². The third-order valence-corrected chi connectivity index (χ3v) is 1.94. The first-order valence-corrected chi connectivity index (χ1v) is 4.26. The lowest BCUT2D eigenvalue weighted by atomic mass is 10.1. The van der Waals surface area contributed by atoms with Crippen molar-refractivity contribution in [1.82, 2.24) is 0 Å². The molecule has 0 aromatic heterocycles. The summed E-state index contributed by atoms with van der Waals surface area (Å²) >= 11 is 0. The zero-order valence-electron chi connectivity index (χ0n) is 7.87. The standard InChI is InChI=1S/C9H12N2O4/c10-8(9(12)13)5-6-1-3-7(4-2-6)11(14)15/h1-4,8,14-15H,5,10H2,(H,12,13)/t8-/m1/s1. The highest BCUT2D eigenvalue weighted by atomic mass is 16.8. The van der Waals surface area contributed by atoms with Crippen molar-refractivity contribution in [1.29, 1.82) is 0 Å². The molecule has 1 rings (SSSR count). The predicted octanol–water partition coefficient (Wildman–Crippen LogP) is 0.226. The van der Waals surface area contributed by atoms with Crippen LogP contribution in [0.2, 0.25) is 0 Å². The smallest absolute Gasteiger partial charge is 0.320 e. The van der Waals surface area contributed by atoms with Gasteiger partial charge in [-0.25, -0.2) is 0 Å². The molecule has 0 unspecified atom stereocenters. The zero-order valence-corrected chi connectivity index (χ0v) is 7.87. The highest BCUT2D eigenvalue weighted by Crippen LogP contribution is 2.12. The van der Waals surface area contributed by atoms with Crippen LogP contribution in [0.4, 0.5) is 5.69 Å². The van der Waals surface area contributed by atoms with Crippen LogP contribution >= 0.6 is 0 Å². The summed E-state index contributed by atoms with van der Waals surface area (Å²) < 4.78 is 0. The van der Waals surface area contributed by atoms with E-state index in [0.717, 1.165) is 5.56 Å². The third-order valence-electron chi connectivity index (χ3n) is 1.94. The van der Waals surface area contributed by atoms with E-state index in [-0.39, 0.29) is 17.3 Å². The van der Waals surface area contributed by atoms with E-state index in [4.69, 9.17) is 21.3 Å². The number of hydrogen-bond donors (Lipinski definition) is 4.